The molecule has 1 aromatic rings. The monoisotopic (exact) mass is 279 g/mol. The molecule has 5 heteroatoms. The van der Waals surface area contributed by atoms with E-state index in [1.165, 1.54) is 7.11 Å². The van der Waals surface area contributed by atoms with Gasteiger partial charge in [0, 0.05) is 7.11 Å². The first-order valence-corrected chi connectivity index (χ1v) is 6.49. The molecular formula is C15H21NO4. The van der Waals surface area contributed by atoms with E-state index in [9.17, 15) is 14.7 Å². The van der Waals surface area contributed by atoms with Crippen molar-refractivity contribution in [1.29, 1.82) is 0 Å². The van der Waals surface area contributed by atoms with E-state index in [1.807, 2.05) is 30.3 Å². The van der Waals surface area contributed by atoms with Gasteiger partial charge in [-0.25, -0.2) is 4.79 Å². The van der Waals surface area contributed by atoms with Gasteiger partial charge >= 0.3 is 5.97 Å². The number of aliphatic carboxylic acids is 1. The molecule has 0 bridgehead atoms. The summed E-state index contributed by atoms with van der Waals surface area (Å²) in [7, 11) is 1.42. The standard InChI is InChI=1S/C15H21NO4/c1-15(2,20-3)14(19)16-12(13(17)18)10-9-11-7-5-4-6-8-11/h4-8,12H,9-10H2,1-3H3,(H,16,19)(H,17,18)/t12-/m0/s1. The number of carbonyl (C=O) groups excluding carboxylic acids is 1. The molecule has 110 valence electrons. The highest BCUT2D eigenvalue weighted by atomic mass is 16.5. The predicted octanol–water partition coefficient (Wildman–Crippen LogP) is 1.61. The van der Waals surface area contributed by atoms with Crippen molar-refractivity contribution in [2.75, 3.05) is 7.11 Å². The summed E-state index contributed by atoms with van der Waals surface area (Å²) >= 11 is 0. The third-order valence-corrected chi connectivity index (χ3v) is 3.23. The number of amides is 1. The van der Waals surface area contributed by atoms with Crippen LogP contribution in [0.4, 0.5) is 0 Å². The number of benzene rings is 1. The number of ether oxygens (including phenoxy) is 1. The minimum atomic E-state index is -1.04. The van der Waals surface area contributed by atoms with Crippen molar-refractivity contribution in [3.8, 4) is 0 Å². The molecule has 0 heterocycles. The summed E-state index contributed by atoms with van der Waals surface area (Å²) in [6.07, 6.45) is 0.927. The summed E-state index contributed by atoms with van der Waals surface area (Å²) in [5.74, 6) is -1.47. The van der Waals surface area contributed by atoms with Gasteiger partial charge in [-0.15, -0.1) is 0 Å². The fourth-order valence-electron chi connectivity index (χ4n) is 1.64. The highest BCUT2D eigenvalue weighted by Gasteiger charge is 2.30. The summed E-state index contributed by atoms with van der Waals surface area (Å²) < 4.78 is 5.04. The van der Waals surface area contributed by atoms with Gasteiger partial charge in [-0.3, -0.25) is 4.79 Å². The summed E-state index contributed by atoms with van der Waals surface area (Å²) in [5.41, 5.74) is -0.000482. The van der Waals surface area contributed by atoms with Crippen LogP contribution in [0.2, 0.25) is 0 Å². The zero-order chi connectivity index (χ0) is 15.2. The minimum Gasteiger partial charge on any atom is -0.480 e. The van der Waals surface area contributed by atoms with Gasteiger partial charge in [0.2, 0.25) is 0 Å². The van der Waals surface area contributed by atoms with E-state index in [2.05, 4.69) is 5.32 Å². The smallest absolute Gasteiger partial charge is 0.326 e. The average Bonchev–Trinajstić information content (AvgIpc) is 2.43. The van der Waals surface area contributed by atoms with E-state index in [1.54, 1.807) is 13.8 Å². The topological polar surface area (TPSA) is 75.6 Å². The van der Waals surface area contributed by atoms with Crippen molar-refractivity contribution in [3.63, 3.8) is 0 Å². The minimum absolute atomic E-state index is 0.338. The van der Waals surface area contributed by atoms with Crippen molar-refractivity contribution in [2.24, 2.45) is 0 Å². The van der Waals surface area contributed by atoms with E-state index in [0.29, 0.717) is 12.8 Å². The first kappa shape index (κ1) is 16.2. The molecule has 5 nitrogen and oxygen atoms in total. The SMILES string of the molecule is COC(C)(C)C(=O)N[C@@H](CCc1ccccc1)C(=O)O. The normalized spacial score (nSPS) is 12.8. The summed E-state index contributed by atoms with van der Waals surface area (Å²) in [4.78, 5) is 23.1. The molecule has 0 radical (unpaired) electrons. The molecule has 1 rings (SSSR count). The van der Waals surface area contributed by atoms with Crippen LogP contribution in [0.15, 0.2) is 30.3 Å². The Morgan fingerprint density at radius 2 is 1.90 bits per heavy atom. The number of hydrogen-bond donors (Lipinski definition) is 2. The molecule has 0 saturated heterocycles. The number of methoxy groups -OCH3 is 1. The van der Waals surface area contributed by atoms with E-state index in [-0.39, 0.29) is 0 Å². The van der Waals surface area contributed by atoms with Gasteiger partial charge in [-0.05, 0) is 32.3 Å². The number of hydrogen-bond acceptors (Lipinski definition) is 3. The third-order valence-electron chi connectivity index (χ3n) is 3.23. The zero-order valence-corrected chi connectivity index (χ0v) is 12.1. The Bertz CT molecular complexity index is 456. The maximum absolute atomic E-state index is 11.9. The second-order valence-electron chi connectivity index (χ2n) is 5.10. The van der Waals surface area contributed by atoms with Gasteiger partial charge in [0.15, 0.2) is 0 Å². The van der Waals surface area contributed by atoms with Crippen LogP contribution >= 0.6 is 0 Å². The first-order valence-electron chi connectivity index (χ1n) is 6.49. The van der Waals surface area contributed by atoms with Crippen LogP contribution in [0.5, 0.6) is 0 Å². The molecule has 0 saturated carbocycles. The lowest BCUT2D eigenvalue weighted by Crippen LogP contribution is -2.50. The number of aryl methyl sites for hydroxylation is 1. The van der Waals surface area contributed by atoms with Gasteiger partial charge in [0.05, 0.1) is 0 Å². The van der Waals surface area contributed by atoms with Gasteiger partial charge in [-0.2, -0.15) is 0 Å². The third kappa shape index (κ3) is 4.66. The fourth-order valence-corrected chi connectivity index (χ4v) is 1.64. The lowest BCUT2D eigenvalue weighted by atomic mass is 10.0. The molecular weight excluding hydrogens is 258 g/mol. The van der Waals surface area contributed by atoms with Gasteiger partial charge < -0.3 is 15.2 Å². The van der Waals surface area contributed by atoms with E-state index in [4.69, 9.17) is 4.74 Å². The Labute approximate surface area is 118 Å². The van der Waals surface area contributed by atoms with Crippen molar-refractivity contribution in [1.82, 2.24) is 5.32 Å². The Hall–Kier alpha value is -1.88. The van der Waals surface area contributed by atoms with Crippen molar-refractivity contribution >= 4 is 11.9 Å². The highest BCUT2D eigenvalue weighted by Crippen LogP contribution is 2.10. The molecule has 20 heavy (non-hydrogen) atoms. The van der Waals surface area contributed by atoms with Crippen molar-refractivity contribution in [2.45, 2.75) is 38.3 Å². The average molecular weight is 279 g/mol. The molecule has 0 unspecified atom stereocenters. The summed E-state index contributed by atoms with van der Waals surface area (Å²) in [6.45, 7) is 3.19. The molecule has 0 aromatic heterocycles. The first-order chi connectivity index (χ1) is 9.36. The molecule has 1 atom stereocenters. The van der Waals surface area contributed by atoms with Gasteiger partial charge in [0.1, 0.15) is 11.6 Å². The van der Waals surface area contributed by atoms with Crippen molar-refractivity contribution in [3.05, 3.63) is 35.9 Å². The van der Waals surface area contributed by atoms with E-state index < -0.39 is 23.5 Å². The van der Waals surface area contributed by atoms with Crippen LogP contribution in [0.1, 0.15) is 25.8 Å². The van der Waals surface area contributed by atoms with E-state index >= 15 is 0 Å². The Balaban J connectivity index is 2.62. The molecule has 0 aliphatic carbocycles. The second kappa shape index (κ2) is 7.05. The lowest BCUT2D eigenvalue weighted by Gasteiger charge is -2.24. The lowest BCUT2D eigenvalue weighted by molar-refractivity contribution is -0.147. The van der Waals surface area contributed by atoms with Crippen LogP contribution in [0, 0.1) is 0 Å². The number of carbonyl (C=O) groups is 2. The largest absolute Gasteiger partial charge is 0.480 e. The Morgan fingerprint density at radius 1 is 1.30 bits per heavy atom. The van der Waals surface area contributed by atoms with Crippen LogP contribution < -0.4 is 5.32 Å². The molecule has 0 aliphatic rings. The van der Waals surface area contributed by atoms with Crippen LogP contribution in [-0.4, -0.2) is 35.7 Å². The Kier molecular flexibility index (Phi) is 5.70. The molecule has 0 aliphatic heterocycles. The molecule has 2 N–H and O–H groups in total. The maximum atomic E-state index is 11.9. The van der Waals surface area contributed by atoms with Crippen LogP contribution in [-0.2, 0) is 20.7 Å². The zero-order valence-electron chi connectivity index (χ0n) is 12.1. The number of rotatable bonds is 7. The van der Waals surface area contributed by atoms with E-state index in [0.717, 1.165) is 5.56 Å². The van der Waals surface area contributed by atoms with Crippen LogP contribution in [0.3, 0.4) is 0 Å². The van der Waals surface area contributed by atoms with Crippen molar-refractivity contribution < 1.29 is 19.4 Å². The molecule has 1 amide bonds. The maximum Gasteiger partial charge on any atom is 0.326 e. The number of carboxylic acid groups (broad SMARTS) is 1. The second-order valence-corrected chi connectivity index (χ2v) is 5.10. The molecule has 0 spiro atoms. The molecule has 1 aromatic carbocycles. The Morgan fingerprint density at radius 3 is 2.40 bits per heavy atom. The van der Waals surface area contributed by atoms with Crippen LogP contribution in [0.25, 0.3) is 0 Å². The summed E-state index contributed by atoms with van der Waals surface area (Å²) in [6, 6.07) is 8.65. The highest BCUT2D eigenvalue weighted by molar-refractivity contribution is 5.88. The van der Waals surface area contributed by atoms with Gasteiger partial charge in [0.25, 0.3) is 5.91 Å². The molecule has 0 fully saturated rings. The fraction of sp³-hybridized carbons (Fsp3) is 0.467. The quantitative estimate of drug-likeness (QED) is 0.795. The predicted molar refractivity (Wildman–Crippen MR) is 75.4 cm³/mol. The summed E-state index contributed by atoms with van der Waals surface area (Å²) in [5, 5.41) is 11.7. The number of nitrogens with one attached hydrogen (secondary N) is 1. The van der Waals surface area contributed by atoms with Gasteiger partial charge in [-0.1, -0.05) is 30.3 Å². The number of carboxylic acids is 1.